The summed E-state index contributed by atoms with van der Waals surface area (Å²) in [6.45, 7) is 0.216. The zero-order valence-corrected chi connectivity index (χ0v) is 9.60. The smallest absolute Gasteiger partial charge is 0.380 e. The average molecular weight is 297 g/mol. The Balaban J connectivity index is 2.37. The van der Waals surface area contributed by atoms with Crippen molar-refractivity contribution in [2.24, 2.45) is 0 Å². The summed E-state index contributed by atoms with van der Waals surface area (Å²) in [5.41, 5.74) is -1.48. The number of hydrogen-bond donors (Lipinski definition) is 1. The quantitative estimate of drug-likeness (QED) is 0.863. The number of alkyl halides is 3. The minimum Gasteiger partial charge on any atom is -0.380 e. The molecular weight excluding hydrogens is 289 g/mol. The Morgan fingerprint density at radius 2 is 1.94 bits per heavy atom. The maximum Gasteiger partial charge on any atom is 0.416 e. The number of halogens is 4. The zero-order valence-electron chi connectivity index (χ0n) is 8.01. The van der Waals surface area contributed by atoms with Gasteiger partial charge in [-0.15, -0.1) is 0 Å². The van der Waals surface area contributed by atoms with Gasteiger partial charge in [0.1, 0.15) is 5.60 Å². The number of rotatable bonds is 1. The molecule has 1 fully saturated rings. The third-order valence-electron chi connectivity index (χ3n) is 2.48. The third-order valence-corrected chi connectivity index (χ3v) is 3.14. The highest BCUT2D eigenvalue weighted by Gasteiger charge is 2.40. The molecule has 0 atom stereocenters. The Morgan fingerprint density at radius 3 is 2.31 bits per heavy atom. The van der Waals surface area contributed by atoms with Crippen molar-refractivity contribution in [2.45, 2.75) is 11.8 Å². The van der Waals surface area contributed by atoms with E-state index in [0.717, 1.165) is 12.1 Å². The Morgan fingerprint density at radius 1 is 1.31 bits per heavy atom. The molecule has 0 amide bonds. The molecule has 2 nitrogen and oxygen atoms in total. The van der Waals surface area contributed by atoms with E-state index in [9.17, 15) is 18.3 Å². The lowest BCUT2D eigenvalue weighted by Gasteiger charge is -2.37. The minimum absolute atomic E-state index is 0.108. The molecule has 0 radical (unpaired) electrons. The molecule has 2 rings (SSSR count). The van der Waals surface area contributed by atoms with Crippen molar-refractivity contribution in [2.75, 3.05) is 13.2 Å². The van der Waals surface area contributed by atoms with Gasteiger partial charge in [-0.1, -0.05) is 22.0 Å². The molecular formula is C10H8BrF3O2. The monoisotopic (exact) mass is 296 g/mol. The first-order valence-electron chi connectivity index (χ1n) is 4.50. The second-order valence-corrected chi connectivity index (χ2v) is 4.57. The lowest BCUT2D eigenvalue weighted by atomic mass is 9.91. The summed E-state index contributed by atoms with van der Waals surface area (Å²) in [4.78, 5) is 0. The summed E-state index contributed by atoms with van der Waals surface area (Å²) in [6.07, 6.45) is -4.38. The van der Waals surface area contributed by atoms with Gasteiger partial charge in [-0.2, -0.15) is 13.2 Å². The van der Waals surface area contributed by atoms with Gasteiger partial charge in [0, 0.05) is 10.0 Å². The fraction of sp³-hybridized carbons (Fsp3) is 0.400. The molecule has 0 spiro atoms. The van der Waals surface area contributed by atoms with Crippen LogP contribution in [0.4, 0.5) is 13.2 Å². The molecule has 88 valence electrons. The first kappa shape index (κ1) is 11.9. The van der Waals surface area contributed by atoms with Crippen molar-refractivity contribution >= 4 is 15.9 Å². The lowest BCUT2D eigenvalue weighted by Crippen LogP contribution is -2.46. The summed E-state index contributed by atoms with van der Waals surface area (Å²) in [5.74, 6) is 0. The normalized spacial score (nSPS) is 19.3. The molecule has 1 aromatic carbocycles. The van der Waals surface area contributed by atoms with Crippen molar-refractivity contribution in [1.82, 2.24) is 0 Å². The van der Waals surface area contributed by atoms with Gasteiger partial charge in [-0.3, -0.25) is 0 Å². The molecule has 0 bridgehead atoms. The Labute approximate surface area is 98.2 Å². The number of aliphatic hydroxyl groups is 1. The maximum absolute atomic E-state index is 12.4. The van der Waals surface area contributed by atoms with Gasteiger partial charge in [-0.05, 0) is 12.1 Å². The van der Waals surface area contributed by atoms with Crippen LogP contribution >= 0.6 is 15.9 Å². The second kappa shape index (κ2) is 3.72. The van der Waals surface area contributed by atoms with Crippen molar-refractivity contribution in [1.29, 1.82) is 0 Å². The summed E-state index contributed by atoms with van der Waals surface area (Å²) in [5, 5.41) is 9.92. The molecule has 1 aromatic rings. The second-order valence-electron chi connectivity index (χ2n) is 3.72. The van der Waals surface area contributed by atoms with E-state index in [4.69, 9.17) is 4.74 Å². The average Bonchev–Trinajstić information content (AvgIpc) is 2.12. The molecule has 6 heteroatoms. The highest BCUT2D eigenvalue weighted by molar-refractivity contribution is 9.10. The molecule has 0 aromatic heterocycles. The van der Waals surface area contributed by atoms with E-state index in [2.05, 4.69) is 15.9 Å². The first-order chi connectivity index (χ1) is 7.33. The van der Waals surface area contributed by atoms with E-state index in [-0.39, 0.29) is 17.7 Å². The fourth-order valence-corrected chi connectivity index (χ4v) is 2.27. The fourth-order valence-electron chi connectivity index (χ4n) is 1.52. The van der Waals surface area contributed by atoms with Crippen LogP contribution in [0.3, 0.4) is 0 Å². The van der Waals surface area contributed by atoms with Crippen molar-refractivity contribution < 1.29 is 23.0 Å². The molecule has 1 aliphatic rings. The highest BCUT2D eigenvalue weighted by atomic mass is 79.9. The van der Waals surface area contributed by atoms with Crippen LogP contribution in [0.1, 0.15) is 11.1 Å². The molecule has 0 aliphatic carbocycles. The number of ether oxygens (including phenoxy) is 1. The van der Waals surface area contributed by atoms with Crippen LogP contribution in [-0.2, 0) is 16.5 Å². The van der Waals surface area contributed by atoms with Gasteiger partial charge in [0.2, 0.25) is 0 Å². The topological polar surface area (TPSA) is 29.5 Å². The lowest BCUT2D eigenvalue weighted by molar-refractivity contribution is -0.185. The molecule has 1 saturated heterocycles. The van der Waals surface area contributed by atoms with Crippen LogP contribution in [0, 0.1) is 0 Å². The van der Waals surface area contributed by atoms with Crippen LogP contribution in [0.5, 0.6) is 0 Å². The van der Waals surface area contributed by atoms with Gasteiger partial charge >= 0.3 is 6.18 Å². The Bertz CT molecular complexity index is 413. The van der Waals surface area contributed by atoms with Gasteiger partial charge in [0.05, 0.1) is 18.8 Å². The van der Waals surface area contributed by atoms with E-state index in [0.29, 0.717) is 5.56 Å². The summed E-state index contributed by atoms with van der Waals surface area (Å²) < 4.78 is 42.2. The van der Waals surface area contributed by atoms with E-state index >= 15 is 0 Å². The maximum atomic E-state index is 12.4. The van der Waals surface area contributed by atoms with Crippen molar-refractivity contribution in [3.63, 3.8) is 0 Å². The predicted molar refractivity (Wildman–Crippen MR) is 53.9 cm³/mol. The Hall–Kier alpha value is -0.590. The summed E-state index contributed by atoms with van der Waals surface area (Å²) >= 11 is 3.03. The molecule has 0 unspecified atom stereocenters. The largest absolute Gasteiger partial charge is 0.416 e. The standard InChI is InChI=1S/C10H8BrF3O2/c11-8-3-6(10(12,13)14)1-2-7(8)9(15)4-16-5-9/h1-3,15H,4-5H2. The Kier molecular flexibility index (Phi) is 2.76. The third kappa shape index (κ3) is 1.97. The van der Waals surface area contributed by atoms with Crippen molar-refractivity contribution in [3.05, 3.63) is 33.8 Å². The van der Waals surface area contributed by atoms with Crippen LogP contribution in [-0.4, -0.2) is 18.3 Å². The van der Waals surface area contributed by atoms with Gasteiger partial charge in [0.15, 0.2) is 0 Å². The van der Waals surface area contributed by atoms with E-state index in [1.54, 1.807) is 0 Å². The van der Waals surface area contributed by atoms with E-state index in [1.165, 1.54) is 6.07 Å². The van der Waals surface area contributed by atoms with Crippen LogP contribution < -0.4 is 0 Å². The summed E-state index contributed by atoms with van der Waals surface area (Å²) in [7, 11) is 0. The van der Waals surface area contributed by atoms with E-state index < -0.39 is 17.3 Å². The number of hydrogen-bond acceptors (Lipinski definition) is 2. The van der Waals surface area contributed by atoms with Gasteiger partial charge in [-0.25, -0.2) is 0 Å². The molecule has 0 saturated carbocycles. The summed E-state index contributed by atoms with van der Waals surface area (Å²) in [6, 6.07) is 3.19. The molecule has 1 aliphatic heterocycles. The first-order valence-corrected chi connectivity index (χ1v) is 5.30. The van der Waals surface area contributed by atoms with E-state index in [1.807, 2.05) is 0 Å². The number of benzene rings is 1. The molecule has 16 heavy (non-hydrogen) atoms. The molecule has 1 N–H and O–H groups in total. The highest BCUT2D eigenvalue weighted by Crippen LogP contribution is 2.38. The molecule has 1 heterocycles. The van der Waals surface area contributed by atoms with Crippen LogP contribution in [0.2, 0.25) is 0 Å². The SMILES string of the molecule is OC1(c2ccc(C(F)(F)F)cc2Br)COC1. The minimum atomic E-state index is -4.38. The van der Waals surface area contributed by atoms with Crippen molar-refractivity contribution in [3.8, 4) is 0 Å². The predicted octanol–water partition coefficient (Wildman–Crippen LogP) is 2.69. The van der Waals surface area contributed by atoms with Crippen LogP contribution in [0.25, 0.3) is 0 Å². The van der Waals surface area contributed by atoms with Crippen LogP contribution in [0.15, 0.2) is 22.7 Å². The zero-order chi connectivity index (χ0) is 12.0. The van der Waals surface area contributed by atoms with Gasteiger partial charge < -0.3 is 9.84 Å². The van der Waals surface area contributed by atoms with Gasteiger partial charge in [0.25, 0.3) is 0 Å².